The van der Waals surface area contributed by atoms with Gasteiger partial charge in [0.2, 0.25) is 0 Å². The van der Waals surface area contributed by atoms with E-state index in [-0.39, 0.29) is 6.42 Å². The molecule has 0 radical (unpaired) electrons. The fraction of sp³-hybridized carbons (Fsp3) is 1.00. The molecule has 10 heteroatoms. The van der Waals surface area contributed by atoms with Crippen LogP contribution < -0.4 is 10.3 Å². The normalized spacial score (nSPS) is 17.3. The van der Waals surface area contributed by atoms with Gasteiger partial charge in [-0.25, -0.2) is 10.3 Å². The van der Waals surface area contributed by atoms with Crippen LogP contribution in [0.3, 0.4) is 0 Å². The molecule has 92 valence electrons. The molecule has 0 amide bonds. The first-order valence-corrected chi connectivity index (χ1v) is 6.91. The molecule has 0 aliphatic heterocycles. The van der Waals surface area contributed by atoms with Gasteiger partial charge in [0.1, 0.15) is 12.2 Å². The first kappa shape index (κ1) is 14.7. The largest absolute Gasteiger partial charge is 0.333 e. The number of nitrogens with two attached hydrogens (primary N) is 2. The van der Waals surface area contributed by atoms with Gasteiger partial charge in [0, 0.05) is 0 Å². The lowest BCUT2D eigenvalue weighted by Crippen LogP contribution is -2.36. The molecule has 0 aromatic rings. The van der Waals surface area contributed by atoms with E-state index in [1.165, 1.54) is 6.92 Å². The van der Waals surface area contributed by atoms with Crippen molar-refractivity contribution in [2.45, 2.75) is 32.5 Å². The van der Waals surface area contributed by atoms with E-state index in [1.54, 1.807) is 6.92 Å². The highest BCUT2D eigenvalue weighted by Gasteiger charge is 2.25. The van der Waals surface area contributed by atoms with Crippen LogP contribution in [0.2, 0.25) is 0 Å². The van der Waals surface area contributed by atoms with E-state index >= 15 is 0 Å². The topological polar surface area (TPSA) is 139 Å². The van der Waals surface area contributed by atoms with Gasteiger partial charge in [0.05, 0.1) is 0 Å². The maximum Gasteiger partial charge on any atom is 0.333 e. The molecule has 0 spiro atoms. The van der Waals surface area contributed by atoms with Gasteiger partial charge in [0.25, 0.3) is 0 Å². The molecule has 2 unspecified atom stereocenters. The van der Waals surface area contributed by atoms with E-state index in [2.05, 4.69) is 18.6 Å². The average molecular weight is 262 g/mol. The van der Waals surface area contributed by atoms with Crippen molar-refractivity contribution in [3.8, 4) is 0 Å². The van der Waals surface area contributed by atoms with E-state index in [0.717, 1.165) is 0 Å². The van der Waals surface area contributed by atoms with Crippen molar-refractivity contribution >= 4 is 20.6 Å². The monoisotopic (exact) mass is 262 g/mol. The van der Waals surface area contributed by atoms with Crippen molar-refractivity contribution < 1.29 is 25.2 Å². The van der Waals surface area contributed by atoms with Crippen LogP contribution in [0, 0.1) is 0 Å². The van der Waals surface area contributed by atoms with E-state index < -0.39 is 32.8 Å². The molecular weight excluding hydrogens is 248 g/mol. The second-order valence-electron chi connectivity index (χ2n) is 2.83. The van der Waals surface area contributed by atoms with Crippen molar-refractivity contribution in [3.05, 3.63) is 0 Å². The Kier molecular flexibility index (Phi) is 5.09. The first-order valence-electron chi connectivity index (χ1n) is 3.97. The third kappa shape index (κ3) is 7.64. The highest BCUT2D eigenvalue weighted by molar-refractivity contribution is 7.84. The van der Waals surface area contributed by atoms with Crippen LogP contribution in [0.5, 0.6) is 0 Å². The minimum atomic E-state index is -4.15. The van der Waals surface area contributed by atoms with Crippen LogP contribution in [0.15, 0.2) is 0 Å². The summed E-state index contributed by atoms with van der Waals surface area (Å²) in [7, 11) is -8.30. The highest BCUT2D eigenvalue weighted by Crippen LogP contribution is 2.11. The summed E-state index contributed by atoms with van der Waals surface area (Å²) in [5, 5.41) is 9.23. The summed E-state index contributed by atoms with van der Waals surface area (Å²) in [6.07, 6.45) is -1.84. The third-order valence-corrected chi connectivity index (χ3v) is 2.56. The standard InChI is InChI=1S/C5H14N2O6S2/c1-3-5(13-15(7,10)11)4(2)12-14(6,8)9/h4-5H,3H2,1-2H3,(H2,6,8,9)(H2,7,10,11). The Bertz CT molecular complexity index is 388. The number of hydrogen-bond acceptors (Lipinski definition) is 6. The van der Waals surface area contributed by atoms with Crippen molar-refractivity contribution in [3.63, 3.8) is 0 Å². The Balaban J connectivity index is 4.56. The fourth-order valence-electron chi connectivity index (χ4n) is 0.924. The predicted octanol–water partition coefficient (Wildman–Crippen LogP) is -1.41. The summed E-state index contributed by atoms with van der Waals surface area (Å²) in [4.78, 5) is 0. The lowest BCUT2D eigenvalue weighted by Gasteiger charge is -2.20. The molecule has 2 atom stereocenters. The summed E-state index contributed by atoms with van der Waals surface area (Å²) in [6.45, 7) is 2.89. The lowest BCUT2D eigenvalue weighted by molar-refractivity contribution is 0.0721. The minimum absolute atomic E-state index is 0.202. The average Bonchev–Trinajstić information content (AvgIpc) is 1.94. The first-order chi connectivity index (χ1) is 6.55. The lowest BCUT2D eigenvalue weighted by atomic mass is 10.2. The van der Waals surface area contributed by atoms with Gasteiger partial charge in [0.15, 0.2) is 0 Å². The maximum absolute atomic E-state index is 10.6. The minimum Gasteiger partial charge on any atom is -0.252 e. The van der Waals surface area contributed by atoms with Crippen LogP contribution in [0.1, 0.15) is 20.3 Å². The van der Waals surface area contributed by atoms with Gasteiger partial charge in [-0.1, -0.05) is 6.92 Å². The number of hydrogen-bond donors (Lipinski definition) is 2. The van der Waals surface area contributed by atoms with E-state index in [9.17, 15) is 16.8 Å². The van der Waals surface area contributed by atoms with E-state index in [0.29, 0.717) is 0 Å². The van der Waals surface area contributed by atoms with Crippen LogP contribution in [0.4, 0.5) is 0 Å². The van der Waals surface area contributed by atoms with Gasteiger partial charge >= 0.3 is 20.6 Å². The van der Waals surface area contributed by atoms with Gasteiger partial charge in [-0.05, 0) is 13.3 Å². The van der Waals surface area contributed by atoms with Crippen molar-refractivity contribution in [2.75, 3.05) is 0 Å². The van der Waals surface area contributed by atoms with Crippen LogP contribution in [-0.4, -0.2) is 29.0 Å². The number of rotatable bonds is 6. The predicted molar refractivity (Wildman–Crippen MR) is 51.9 cm³/mol. The molecule has 4 N–H and O–H groups in total. The molecule has 0 rings (SSSR count). The summed E-state index contributed by atoms with van der Waals surface area (Å²) in [5.41, 5.74) is 0. The van der Waals surface area contributed by atoms with Crippen LogP contribution in [0.25, 0.3) is 0 Å². The maximum atomic E-state index is 10.6. The Labute approximate surface area is 89.0 Å². The van der Waals surface area contributed by atoms with Gasteiger partial charge in [-0.2, -0.15) is 16.8 Å². The molecule has 15 heavy (non-hydrogen) atoms. The fourth-order valence-corrected chi connectivity index (χ4v) is 2.11. The van der Waals surface area contributed by atoms with Crippen molar-refractivity contribution in [1.29, 1.82) is 0 Å². The van der Waals surface area contributed by atoms with Crippen LogP contribution in [-0.2, 0) is 29.0 Å². The molecule has 0 heterocycles. The second kappa shape index (κ2) is 5.18. The van der Waals surface area contributed by atoms with E-state index in [1.807, 2.05) is 0 Å². The molecule has 0 fully saturated rings. The van der Waals surface area contributed by atoms with Gasteiger partial charge in [-0.3, -0.25) is 8.37 Å². The third-order valence-electron chi connectivity index (χ3n) is 1.47. The molecule has 0 aromatic carbocycles. The smallest absolute Gasteiger partial charge is 0.252 e. The quantitative estimate of drug-likeness (QED) is 0.603. The SMILES string of the molecule is CCC(OS(N)(=O)=O)C(C)OS(N)(=O)=O. The van der Waals surface area contributed by atoms with Gasteiger partial charge in [-0.15, -0.1) is 0 Å². The zero-order chi connectivity index (χ0) is 12.3. The molecule has 0 aromatic heterocycles. The Morgan fingerprint density at radius 2 is 1.47 bits per heavy atom. The Morgan fingerprint density at radius 1 is 1.07 bits per heavy atom. The Morgan fingerprint density at radius 3 is 1.73 bits per heavy atom. The molecule has 0 saturated heterocycles. The summed E-state index contributed by atoms with van der Waals surface area (Å²) < 4.78 is 51.0. The summed E-state index contributed by atoms with van der Waals surface area (Å²) >= 11 is 0. The van der Waals surface area contributed by atoms with Crippen molar-refractivity contribution in [2.24, 2.45) is 10.3 Å². The summed E-state index contributed by atoms with van der Waals surface area (Å²) in [5.74, 6) is 0. The second-order valence-corrected chi connectivity index (χ2v) is 5.19. The van der Waals surface area contributed by atoms with E-state index in [4.69, 9.17) is 0 Å². The highest BCUT2D eigenvalue weighted by atomic mass is 32.2. The Hall–Kier alpha value is -0.260. The molecule has 0 bridgehead atoms. The summed E-state index contributed by atoms with van der Waals surface area (Å²) in [6, 6.07) is 0. The van der Waals surface area contributed by atoms with Crippen molar-refractivity contribution in [1.82, 2.24) is 0 Å². The zero-order valence-electron chi connectivity index (χ0n) is 8.28. The molecule has 0 aliphatic carbocycles. The van der Waals surface area contributed by atoms with Gasteiger partial charge < -0.3 is 0 Å². The molecule has 0 saturated carbocycles. The zero-order valence-corrected chi connectivity index (χ0v) is 9.92. The molecule has 8 nitrogen and oxygen atoms in total. The molecular formula is C5H14N2O6S2. The van der Waals surface area contributed by atoms with Crippen LogP contribution >= 0.6 is 0 Å². The molecule has 0 aliphatic rings.